The average molecular weight is 394 g/mol. The van der Waals surface area contributed by atoms with Crippen molar-refractivity contribution in [3.8, 4) is 5.75 Å². The number of nitrogens with one attached hydrogen (secondary N) is 1. The number of benzene rings is 2. The average Bonchev–Trinajstić information content (AvgIpc) is 3.23. The van der Waals surface area contributed by atoms with E-state index in [1.54, 1.807) is 7.11 Å². The Hall–Kier alpha value is -2.37. The van der Waals surface area contributed by atoms with E-state index in [2.05, 4.69) is 53.4 Å². The SMILES string of the molecule is COc1ccc([C@H]2[C@@H]3CN(CC(=O)NCc4ccccc4C)C[C@@H]3CN2C)cc1. The van der Waals surface area contributed by atoms with Gasteiger partial charge >= 0.3 is 0 Å². The van der Waals surface area contributed by atoms with Gasteiger partial charge in [-0.1, -0.05) is 36.4 Å². The van der Waals surface area contributed by atoms with E-state index >= 15 is 0 Å². The molecule has 2 heterocycles. The summed E-state index contributed by atoms with van der Waals surface area (Å²) in [6.07, 6.45) is 0. The number of rotatable bonds is 6. The van der Waals surface area contributed by atoms with E-state index in [4.69, 9.17) is 4.74 Å². The number of ether oxygens (including phenoxy) is 1. The van der Waals surface area contributed by atoms with Crippen LogP contribution in [0.25, 0.3) is 0 Å². The Bertz CT molecular complexity index is 851. The Morgan fingerprint density at radius 2 is 1.86 bits per heavy atom. The summed E-state index contributed by atoms with van der Waals surface area (Å²) in [7, 11) is 3.91. The molecule has 2 fully saturated rings. The van der Waals surface area contributed by atoms with E-state index in [1.807, 2.05) is 24.3 Å². The van der Waals surface area contributed by atoms with Crippen LogP contribution in [0.1, 0.15) is 22.7 Å². The maximum atomic E-state index is 12.5. The lowest BCUT2D eigenvalue weighted by Crippen LogP contribution is -2.37. The highest BCUT2D eigenvalue weighted by Crippen LogP contribution is 2.44. The molecule has 154 valence electrons. The molecule has 2 aromatic carbocycles. The van der Waals surface area contributed by atoms with E-state index in [0.717, 1.165) is 25.4 Å². The van der Waals surface area contributed by atoms with Gasteiger partial charge in [0.1, 0.15) is 5.75 Å². The van der Waals surface area contributed by atoms with Crippen molar-refractivity contribution in [1.82, 2.24) is 15.1 Å². The zero-order valence-corrected chi connectivity index (χ0v) is 17.6. The maximum Gasteiger partial charge on any atom is 0.234 e. The summed E-state index contributed by atoms with van der Waals surface area (Å²) in [6.45, 7) is 6.23. The van der Waals surface area contributed by atoms with Crippen LogP contribution in [0.5, 0.6) is 5.75 Å². The van der Waals surface area contributed by atoms with E-state index in [0.29, 0.717) is 31.0 Å². The summed E-state index contributed by atoms with van der Waals surface area (Å²) in [5.41, 5.74) is 3.74. The first-order valence-electron chi connectivity index (χ1n) is 10.4. The van der Waals surface area contributed by atoms with Crippen LogP contribution in [0.2, 0.25) is 0 Å². The number of carbonyl (C=O) groups is 1. The third kappa shape index (κ3) is 4.31. The minimum Gasteiger partial charge on any atom is -0.497 e. The van der Waals surface area contributed by atoms with E-state index in [1.165, 1.54) is 16.7 Å². The van der Waals surface area contributed by atoms with Gasteiger partial charge in [-0.3, -0.25) is 14.6 Å². The molecule has 2 saturated heterocycles. The quantitative estimate of drug-likeness (QED) is 0.820. The van der Waals surface area contributed by atoms with Crippen molar-refractivity contribution in [2.45, 2.75) is 19.5 Å². The van der Waals surface area contributed by atoms with Crippen LogP contribution in [0.4, 0.5) is 0 Å². The number of fused-ring (bicyclic) bond motifs is 1. The molecule has 4 rings (SSSR count). The van der Waals surface area contributed by atoms with E-state index in [-0.39, 0.29) is 5.91 Å². The van der Waals surface area contributed by atoms with Crippen molar-refractivity contribution < 1.29 is 9.53 Å². The van der Waals surface area contributed by atoms with Gasteiger partial charge < -0.3 is 10.1 Å². The van der Waals surface area contributed by atoms with Crippen LogP contribution in [-0.2, 0) is 11.3 Å². The fraction of sp³-hybridized carbons (Fsp3) is 0.458. The van der Waals surface area contributed by atoms with E-state index in [9.17, 15) is 4.79 Å². The first-order valence-corrected chi connectivity index (χ1v) is 10.4. The molecule has 1 amide bonds. The summed E-state index contributed by atoms with van der Waals surface area (Å²) in [5, 5.41) is 3.09. The number of methoxy groups -OCH3 is 1. The molecule has 2 aliphatic heterocycles. The molecule has 0 unspecified atom stereocenters. The summed E-state index contributed by atoms with van der Waals surface area (Å²) in [6, 6.07) is 17.1. The number of carbonyl (C=O) groups excluding carboxylic acids is 1. The fourth-order valence-electron chi connectivity index (χ4n) is 5.04. The predicted octanol–water partition coefficient (Wildman–Crippen LogP) is 2.85. The lowest BCUT2D eigenvalue weighted by atomic mass is 9.89. The molecule has 29 heavy (non-hydrogen) atoms. The summed E-state index contributed by atoms with van der Waals surface area (Å²) in [5.74, 6) is 2.20. The van der Waals surface area contributed by atoms with Gasteiger partial charge in [0.25, 0.3) is 0 Å². The standard InChI is InChI=1S/C24H31N3O2/c1-17-6-4-5-7-19(17)12-25-23(28)16-27-14-20-13-26(2)24(22(20)15-27)18-8-10-21(29-3)11-9-18/h4-11,20,22,24H,12-16H2,1-3H3,(H,25,28)/t20-,22+,24-/m0/s1. The molecule has 1 N–H and O–H groups in total. The molecule has 0 saturated carbocycles. The number of nitrogens with zero attached hydrogens (tertiary/aromatic N) is 2. The minimum absolute atomic E-state index is 0.113. The third-order valence-corrected chi connectivity index (χ3v) is 6.53. The van der Waals surface area contributed by atoms with Crippen molar-refractivity contribution in [2.75, 3.05) is 40.3 Å². The highest BCUT2D eigenvalue weighted by atomic mass is 16.5. The van der Waals surface area contributed by atoms with Crippen LogP contribution in [0, 0.1) is 18.8 Å². The number of hydrogen-bond acceptors (Lipinski definition) is 4. The lowest BCUT2D eigenvalue weighted by molar-refractivity contribution is -0.122. The smallest absolute Gasteiger partial charge is 0.234 e. The van der Waals surface area contributed by atoms with Crippen molar-refractivity contribution in [2.24, 2.45) is 11.8 Å². The summed E-state index contributed by atoms with van der Waals surface area (Å²) in [4.78, 5) is 17.3. The second-order valence-corrected chi connectivity index (χ2v) is 8.48. The zero-order valence-electron chi connectivity index (χ0n) is 17.6. The van der Waals surface area contributed by atoms with Gasteiger partial charge in [0.05, 0.1) is 13.7 Å². The molecule has 0 spiro atoms. The fourth-order valence-corrected chi connectivity index (χ4v) is 5.04. The zero-order chi connectivity index (χ0) is 20.4. The molecule has 0 aliphatic carbocycles. The molecular weight excluding hydrogens is 362 g/mol. The topological polar surface area (TPSA) is 44.8 Å². The normalized spacial score (nSPS) is 24.4. The monoisotopic (exact) mass is 393 g/mol. The van der Waals surface area contributed by atoms with Crippen LogP contribution in [-0.4, -0.2) is 56.0 Å². The Morgan fingerprint density at radius 1 is 1.10 bits per heavy atom. The molecule has 5 heteroatoms. The molecule has 0 radical (unpaired) electrons. The van der Waals surface area contributed by atoms with Gasteiger partial charge in [0.15, 0.2) is 0 Å². The Morgan fingerprint density at radius 3 is 2.59 bits per heavy atom. The van der Waals surface area contributed by atoms with Crippen LogP contribution in [0.15, 0.2) is 48.5 Å². The number of aryl methyl sites for hydroxylation is 1. The predicted molar refractivity (Wildman–Crippen MR) is 115 cm³/mol. The van der Waals surface area contributed by atoms with Gasteiger partial charge in [0.2, 0.25) is 5.91 Å². The Kier molecular flexibility index (Phi) is 5.88. The van der Waals surface area contributed by atoms with Crippen molar-refractivity contribution >= 4 is 5.91 Å². The first kappa shape index (κ1) is 19.9. The molecular formula is C24H31N3O2. The van der Waals surface area contributed by atoms with Crippen molar-refractivity contribution in [3.05, 3.63) is 65.2 Å². The van der Waals surface area contributed by atoms with Crippen LogP contribution >= 0.6 is 0 Å². The second-order valence-electron chi connectivity index (χ2n) is 8.48. The maximum absolute atomic E-state index is 12.5. The van der Waals surface area contributed by atoms with Gasteiger partial charge in [-0.15, -0.1) is 0 Å². The van der Waals surface area contributed by atoms with Gasteiger partial charge in [-0.25, -0.2) is 0 Å². The van der Waals surface area contributed by atoms with E-state index < -0.39 is 0 Å². The van der Waals surface area contributed by atoms with Gasteiger partial charge in [-0.05, 0) is 54.6 Å². The number of hydrogen-bond donors (Lipinski definition) is 1. The van der Waals surface area contributed by atoms with Gasteiger partial charge in [-0.2, -0.15) is 0 Å². The molecule has 0 bridgehead atoms. The third-order valence-electron chi connectivity index (χ3n) is 6.53. The molecule has 3 atom stereocenters. The molecule has 5 nitrogen and oxygen atoms in total. The molecule has 2 aromatic rings. The highest BCUT2D eigenvalue weighted by Gasteiger charge is 2.46. The summed E-state index contributed by atoms with van der Waals surface area (Å²) >= 11 is 0. The van der Waals surface area contributed by atoms with Crippen LogP contribution in [0.3, 0.4) is 0 Å². The first-order chi connectivity index (χ1) is 14.0. The second kappa shape index (κ2) is 8.56. The Labute approximate surface area is 173 Å². The van der Waals surface area contributed by atoms with Gasteiger partial charge in [0, 0.05) is 32.2 Å². The minimum atomic E-state index is 0.113. The molecule has 0 aromatic heterocycles. The highest BCUT2D eigenvalue weighted by molar-refractivity contribution is 5.78. The number of likely N-dealkylation sites (tertiary alicyclic amines) is 2. The van der Waals surface area contributed by atoms with Crippen molar-refractivity contribution in [1.29, 1.82) is 0 Å². The molecule has 2 aliphatic rings. The van der Waals surface area contributed by atoms with Crippen molar-refractivity contribution in [3.63, 3.8) is 0 Å². The largest absolute Gasteiger partial charge is 0.497 e. The number of amides is 1. The lowest BCUT2D eigenvalue weighted by Gasteiger charge is -2.26. The summed E-state index contributed by atoms with van der Waals surface area (Å²) < 4.78 is 5.30. The van der Waals surface area contributed by atoms with Crippen LogP contribution < -0.4 is 10.1 Å². The Balaban J connectivity index is 1.34.